The number of hydrogen-bond donors (Lipinski definition) is 0. The van der Waals surface area contributed by atoms with E-state index in [2.05, 4.69) is 0 Å². The first-order valence-electron chi connectivity index (χ1n) is 8.24. The van der Waals surface area contributed by atoms with Crippen LogP contribution in [0.1, 0.15) is 84.5 Å². The Morgan fingerprint density at radius 2 is 1.47 bits per heavy atom. The van der Waals surface area contributed by atoms with Gasteiger partial charge in [0.05, 0.1) is 11.0 Å². The van der Waals surface area contributed by atoms with Crippen molar-refractivity contribution >= 4 is 9.84 Å². The first-order valence-corrected chi connectivity index (χ1v) is 9.95. The number of rotatable bonds is 9. The van der Waals surface area contributed by atoms with Crippen LogP contribution in [0, 0.1) is 5.92 Å². The van der Waals surface area contributed by atoms with Crippen molar-refractivity contribution in [3.05, 3.63) is 0 Å². The van der Waals surface area contributed by atoms with Gasteiger partial charge in [0.2, 0.25) is 0 Å². The van der Waals surface area contributed by atoms with E-state index in [0.29, 0.717) is 5.75 Å². The number of unbranched alkanes of at least 4 members (excludes halogenated alkanes) is 4. The van der Waals surface area contributed by atoms with Gasteiger partial charge in [-0.25, -0.2) is 8.42 Å². The Bertz CT molecular complexity index is 314. The minimum absolute atomic E-state index is 0.209. The largest absolute Gasteiger partial charge is 0.229 e. The standard InChI is InChI=1S/C16H32O2S/c1-15(2)19(17,18)14-10-5-3-4-7-11-16-12-8-6-9-13-16/h15-16H,3-14H2,1-2H3. The molecule has 1 saturated carbocycles. The van der Waals surface area contributed by atoms with Crippen LogP contribution >= 0.6 is 0 Å². The molecule has 0 aromatic heterocycles. The summed E-state index contributed by atoms with van der Waals surface area (Å²) in [6.45, 7) is 3.55. The SMILES string of the molecule is CC(C)S(=O)(=O)CCCCCCCC1CCCCC1. The highest BCUT2D eigenvalue weighted by molar-refractivity contribution is 7.91. The van der Waals surface area contributed by atoms with Crippen LogP contribution in [-0.2, 0) is 9.84 Å². The van der Waals surface area contributed by atoms with E-state index in [-0.39, 0.29) is 5.25 Å². The molecule has 0 bridgehead atoms. The summed E-state index contributed by atoms with van der Waals surface area (Å²) in [4.78, 5) is 0. The summed E-state index contributed by atoms with van der Waals surface area (Å²) in [6, 6.07) is 0. The summed E-state index contributed by atoms with van der Waals surface area (Å²) in [5, 5.41) is -0.209. The van der Waals surface area contributed by atoms with Crippen molar-refractivity contribution in [1.82, 2.24) is 0 Å². The maximum absolute atomic E-state index is 11.6. The van der Waals surface area contributed by atoms with Crippen LogP contribution in [0.15, 0.2) is 0 Å². The van der Waals surface area contributed by atoms with Crippen LogP contribution in [0.4, 0.5) is 0 Å². The maximum Gasteiger partial charge on any atom is 0.152 e. The monoisotopic (exact) mass is 288 g/mol. The zero-order valence-electron chi connectivity index (χ0n) is 12.9. The molecule has 0 atom stereocenters. The van der Waals surface area contributed by atoms with Gasteiger partial charge >= 0.3 is 0 Å². The number of sulfone groups is 1. The van der Waals surface area contributed by atoms with Gasteiger partial charge in [0.15, 0.2) is 9.84 Å². The Hall–Kier alpha value is -0.0500. The van der Waals surface area contributed by atoms with E-state index in [1.807, 2.05) is 0 Å². The lowest BCUT2D eigenvalue weighted by Crippen LogP contribution is -2.17. The Kier molecular flexibility index (Phi) is 8.05. The molecule has 2 nitrogen and oxygen atoms in total. The summed E-state index contributed by atoms with van der Waals surface area (Å²) in [7, 11) is -2.81. The summed E-state index contributed by atoms with van der Waals surface area (Å²) >= 11 is 0. The van der Waals surface area contributed by atoms with Crippen LogP contribution < -0.4 is 0 Å². The number of hydrogen-bond acceptors (Lipinski definition) is 2. The third-order valence-electron chi connectivity index (χ3n) is 4.48. The Balaban J connectivity index is 1.94. The molecule has 19 heavy (non-hydrogen) atoms. The van der Waals surface area contributed by atoms with Crippen LogP contribution in [-0.4, -0.2) is 19.4 Å². The molecule has 114 valence electrons. The molecule has 0 saturated heterocycles. The first kappa shape index (κ1) is 17.0. The molecule has 0 N–H and O–H groups in total. The quantitative estimate of drug-likeness (QED) is 0.575. The molecule has 0 radical (unpaired) electrons. The van der Waals surface area contributed by atoms with Gasteiger partial charge in [-0.1, -0.05) is 64.2 Å². The Morgan fingerprint density at radius 3 is 2.11 bits per heavy atom. The minimum atomic E-state index is -2.81. The lowest BCUT2D eigenvalue weighted by Gasteiger charge is -2.21. The molecule has 1 aliphatic rings. The van der Waals surface area contributed by atoms with Crippen molar-refractivity contribution in [3.63, 3.8) is 0 Å². The normalized spacial score (nSPS) is 18.1. The van der Waals surface area contributed by atoms with Gasteiger partial charge < -0.3 is 0 Å². The van der Waals surface area contributed by atoms with Gasteiger partial charge in [-0.2, -0.15) is 0 Å². The molecule has 0 unspecified atom stereocenters. The van der Waals surface area contributed by atoms with Gasteiger partial charge in [-0.3, -0.25) is 0 Å². The third kappa shape index (κ3) is 7.34. The zero-order chi connectivity index (χ0) is 14.1. The second-order valence-corrected chi connectivity index (χ2v) is 9.15. The molecule has 0 aromatic rings. The fraction of sp³-hybridized carbons (Fsp3) is 1.00. The summed E-state index contributed by atoms with van der Waals surface area (Å²) in [5.74, 6) is 1.38. The fourth-order valence-electron chi connectivity index (χ4n) is 2.98. The first-order chi connectivity index (χ1) is 9.02. The Labute approximate surface area is 120 Å². The predicted octanol–water partition coefficient (Wildman–Crippen LogP) is 4.73. The van der Waals surface area contributed by atoms with Crippen LogP contribution in [0.5, 0.6) is 0 Å². The second kappa shape index (κ2) is 8.99. The van der Waals surface area contributed by atoms with Crippen molar-refractivity contribution < 1.29 is 8.42 Å². The highest BCUT2D eigenvalue weighted by Gasteiger charge is 2.15. The van der Waals surface area contributed by atoms with E-state index in [4.69, 9.17) is 0 Å². The van der Waals surface area contributed by atoms with E-state index in [1.54, 1.807) is 13.8 Å². The molecule has 0 spiro atoms. The van der Waals surface area contributed by atoms with Crippen molar-refractivity contribution in [2.24, 2.45) is 5.92 Å². The summed E-state index contributed by atoms with van der Waals surface area (Å²) in [6.07, 6.45) is 14.4. The molecule has 1 fully saturated rings. The molecular weight excluding hydrogens is 256 g/mol. The van der Waals surface area contributed by atoms with E-state index < -0.39 is 9.84 Å². The van der Waals surface area contributed by atoms with Crippen LogP contribution in [0.3, 0.4) is 0 Å². The van der Waals surface area contributed by atoms with Crippen molar-refractivity contribution in [2.45, 2.75) is 89.7 Å². The average molecular weight is 288 g/mol. The van der Waals surface area contributed by atoms with Crippen LogP contribution in [0.25, 0.3) is 0 Å². The summed E-state index contributed by atoms with van der Waals surface area (Å²) in [5.41, 5.74) is 0. The molecule has 1 aliphatic carbocycles. The Morgan fingerprint density at radius 1 is 0.895 bits per heavy atom. The molecule has 0 aliphatic heterocycles. The van der Waals surface area contributed by atoms with Gasteiger partial charge in [-0.05, 0) is 26.2 Å². The van der Waals surface area contributed by atoms with E-state index in [1.165, 1.54) is 57.8 Å². The molecule has 0 aromatic carbocycles. The minimum Gasteiger partial charge on any atom is -0.229 e. The van der Waals surface area contributed by atoms with Crippen LogP contribution in [0.2, 0.25) is 0 Å². The predicted molar refractivity (Wildman–Crippen MR) is 83.2 cm³/mol. The van der Waals surface area contributed by atoms with Crippen molar-refractivity contribution in [2.75, 3.05) is 5.75 Å². The van der Waals surface area contributed by atoms with Gasteiger partial charge in [0, 0.05) is 0 Å². The second-order valence-electron chi connectivity index (χ2n) is 6.48. The van der Waals surface area contributed by atoms with E-state index in [0.717, 1.165) is 18.8 Å². The highest BCUT2D eigenvalue weighted by atomic mass is 32.2. The van der Waals surface area contributed by atoms with E-state index in [9.17, 15) is 8.42 Å². The van der Waals surface area contributed by atoms with Gasteiger partial charge in [0.25, 0.3) is 0 Å². The maximum atomic E-state index is 11.6. The average Bonchev–Trinajstić information content (AvgIpc) is 2.38. The molecule has 0 heterocycles. The molecular formula is C16H32O2S. The third-order valence-corrected chi connectivity index (χ3v) is 6.78. The fourth-order valence-corrected chi connectivity index (χ4v) is 4.06. The molecule has 0 amide bonds. The van der Waals surface area contributed by atoms with Crippen molar-refractivity contribution in [3.8, 4) is 0 Å². The lowest BCUT2D eigenvalue weighted by molar-refractivity contribution is 0.328. The topological polar surface area (TPSA) is 34.1 Å². The van der Waals surface area contributed by atoms with Gasteiger partial charge in [0.1, 0.15) is 0 Å². The molecule has 1 rings (SSSR count). The van der Waals surface area contributed by atoms with E-state index >= 15 is 0 Å². The summed E-state index contributed by atoms with van der Waals surface area (Å²) < 4.78 is 23.3. The van der Waals surface area contributed by atoms with Crippen molar-refractivity contribution in [1.29, 1.82) is 0 Å². The van der Waals surface area contributed by atoms with Gasteiger partial charge in [-0.15, -0.1) is 0 Å². The zero-order valence-corrected chi connectivity index (χ0v) is 13.7. The highest BCUT2D eigenvalue weighted by Crippen LogP contribution is 2.28. The lowest BCUT2D eigenvalue weighted by atomic mass is 9.85. The smallest absolute Gasteiger partial charge is 0.152 e. The molecule has 3 heteroatoms.